The highest BCUT2D eigenvalue weighted by Crippen LogP contribution is 2.21. The fourth-order valence-corrected chi connectivity index (χ4v) is 2.81. The van der Waals surface area contributed by atoms with Crippen LogP contribution in [-0.2, 0) is 0 Å². The number of carbonyl (C=O) groups excluding carboxylic acids is 1. The second-order valence-electron chi connectivity index (χ2n) is 6.66. The summed E-state index contributed by atoms with van der Waals surface area (Å²) in [6.45, 7) is 6.94. The fraction of sp³-hybridized carbons (Fsp3) is 0.421. The van der Waals surface area contributed by atoms with Gasteiger partial charge in [0.25, 0.3) is 5.91 Å². The number of aromatic nitrogens is 2. The lowest BCUT2D eigenvalue weighted by molar-refractivity contribution is 0.0949. The lowest BCUT2D eigenvalue weighted by Crippen LogP contribution is -2.27. The highest BCUT2D eigenvalue weighted by atomic mass is 16.1. The number of amides is 1. The van der Waals surface area contributed by atoms with Gasteiger partial charge in [-0.15, -0.1) is 10.2 Å². The molecule has 2 heterocycles. The Labute approximate surface area is 143 Å². The van der Waals surface area contributed by atoms with Crippen molar-refractivity contribution in [1.29, 1.82) is 0 Å². The molecule has 5 heteroatoms. The van der Waals surface area contributed by atoms with E-state index in [1.165, 1.54) is 12.8 Å². The molecule has 24 heavy (non-hydrogen) atoms. The predicted octanol–water partition coefficient (Wildman–Crippen LogP) is 3.13. The maximum Gasteiger partial charge on any atom is 0.251 e. The molecule has 126 valence electrons. The number of benzene rings is 1. The van der Waals surface area contributed by atoms with Gasteiger partial charge < -0.3 is 10.2 Å². The van der Waals surface area contributed by atoms with Crippen LogP contribution >= 0.6 is 0 Å². The Kier molecular flexibility index (Phi) is 5.08. The largest absolute Gasteiger partial charge is 0.355 e. The van der Waals surface area contributed by atoms with Gasteiger partial charge in [0.05, 0.1) is 5.69 Å². The summed E-state index contributed by atoms with van der Waals surface area (Å²) in [6.07, 6.45) is 2.44. The van der Waals surface area contributed by atoms with Gasteiger partial charge in [-0.25, -0.2) is 0 Å². The first-order valence-corrected chi connectivity index (χ1v) is 8.61. The van der Waals surface area contributed by atoms with Crippen molar-refractivity contribution in [2.24, 2.45) is 5.92 Å². The van der Waals surface area contributed by atoms with E-state index in [1.807, 2.05) is 36.4 Å². The third kappa shape index (κ3) is 3.91. The minimum atomic E-state index is -0.0489. The van der Waals surface area contributed by atoms with Crippen LogP contribution < -0.4 is 10.2 Å². The number of rotatable bonds is 5. The van der Waals surface area contributed by atoms with E-state index in [4.69, 9.17) is 0 Å². The van der Waals surface area contributed by atoms with Crippen molar-refractivity contribution in [3.8, 4) is 11.3 Å². The lowest BCUT2D eigenvalue weighted by atomic mass is 10.1. The summed E-state index contributed by atoms with van der Waals surface area (Å²) in [6, 6.07) is 11.5. The minimum Gasteiger partial charge on any atom is -0.355 e. The van der Waals surface area contributed by atoms with Crippen LogP contribution in [0.15, 0.2) is 36.4 Å². The normalized spacial score (nSPS) is 14.2. The molecule has 1 aliphatic heterocycles. The van der Waals surface area contributed by atoms with Crippen molar-refractivity contribution in [2.75, 3.05) is 24.5 Å². The number of hydrogen-bond donors (Lipinski definition) is 1. The van der Waals surface area contributed by atoms with E-state index in [-0.39, 0.29) is 5.91 Å². The monoisotopic (exact) mass is 324 g/mol. The summed E-state index contributed by atoms with van der Waals surface area (Å²) in [4.78, 5) is 14.5. The molecule has 5 nitrogen and oxygen atoms in total. The Balaban J connectivity index is 1.74. The third-order valence-electron chi connectivity index (χ3n) is 4.17. The van der Waals surface area contributed by atoms with E-state index < -0.39 is 0 Å². The average Bonchev–Trinajstić information content (AvgIpc) is 3.14. The zero-order chi connectivity index (χ0) is 16.9. The van der Waals surface area contributed by atoms with E-state index in [0.717, 1.165) is 30.2 Å². The quantitative estimate of drug-likeness (QED) is 0.918. The topological polar surface area (TPSA) is 58.1 Å². The van der Waals surface area contributed by atoms with Crippen molar-refractivity contribution in [3.63, 3.8) is 0 Å². The number of nitrogens with zero attached hydrogens (tertiary/aromatic N) is 3. The lowest BCUT2D eigenvalue weighted by Gasteiger charge is -2.15. The zero-order valence-corrected chi connectivity index (χ0v) is 14.3. The molecule has 0 unspecified atom stereocenters. The molecule has 1 N–H and O–H groups in total. The summed E-state index contributed by atoms with van der Waals surface area (Å²) in [5, 5.41) is 11.6. The maximum atomic E-state index is 12.2. The highest BCUT2D eigenvalue weighted by molar-refractivity contribution is 5.95. The Morgan fingerprint density at radius 3 is 2.62 bits per heavy atom. The average molecular weight is 324 g/mol. The number of carbonyl (C=O) groups is 1. The van der Waals surface area contributed by atoms with Gasteiger partial charge in [-0.1, -0.05) is 26.0 Å². The highest BCUT2D eigenvalue weighted by Gasteiger charge is 2.14. The molecule has 1 saturated heterocycles. The molecule has 1 aromatic heterocycles. The van der Waals surface area contributed by atoms with Gasteiger partial charge in [0.15, 0.2) is 5.82 Å². The second-order valence-corrected chi connectivity index (χ2v) is 6.66. The summed E-state index contributed by atoms with van der Waals surface area (Å²) >= 11 is 0. The summed E-state index contributed by atoms with van der Waals surface area (Å²) in [5.41, 5.74) is 2.35. The van der Waals surface area contributed by atoms with Gasteiger partial charge in [0, 0.05) is 30.8 Å². The Hall–Kier alpha value is -2.43. The van der Waals surface area contributed by atoms with Crippen LogP contribution in [0.1, 0.15) is 37.0 Å². The van der Waals surface area contributed by atoms with Gasteiger partial charge in [-0.05, 0) is 43.0 Å². The van der Waals surface area contributed by atoms with E-state index >= 15 is 0 Å². The molecule has 1 amide bonds. The smallest absolute Gasteiger partial charge is 0.251 e. The second kappa shape index (κ2) is 7.43. The van der Waals surface area contributed by atoms with E-state index in [2.05, 4.69) is 34.3 Å². The van der Waals surface area contributed by atoms with Crippen LogP contribution in [0.5, 0.6) is 0 Å². The van der Waals surface area contributed by atoms with E-state index in [1.54, 1.807) is 0 Å². The minimum absolute atomic E-state index is 0.0489. The molecule has 1 aromatic carbocycles. The van der Waals surface area contributed by atoms with Crippen LogP contribution in [0.4, 0.5) is 5.82 Å². The van der Waals surface area contributed by atoms with Crippen molar-refractivity contribution in [3.05, 3.63) is 42.0 Å². The van der Waals surface area contributed by atoms with Gasteiger partial charge >= 0.3 is 0 Å². The molecule has 0 spiro atoms. The molecule has 1 aliphatic rings. The molecule has 0 aliphatic carbocycles. The summed E-state index contributed by atoms with van der Waals surface area (Å²) in [7, 11) is 0. The van der Waals surface area contributed by atoms with Crippen molar-refractivity contribution < 1.29 is 4.79 Å². The first kappa shape index (κ1) is 16.4. The summed E-state index contributed by atoms with van der Waals surface area (Å²) < 4.78 is 0. The third-order valence-corrected chi connectivity index (χ3v) is 4.17. The molecular formula is C19H24N4O. The molecule has 0 radical (unpaired) electrons. The first-order valence-electron chi connectivity index (χ1n) is 8.61. The fourth-order valence-electron chi connectivity index (χ4n) is 2.81. The van der Waals surface area contributed by atoms with Crippen molar-refractivity contribution in [2.45, 2.75) is 26.7 Å². The predicted molar refractivity (Wildman–Crippen MR) is 96.1 cm³/mol. The standard InChI is InChI=1S/C19H24N4O/c1-14(2)13-20-19(24)16-7-5-6-15(12-16)17-8-9-18(22-21-17)23-10-3-4-11-23/h5-9,12,14H,3-4,10-11,13H2,1-2H3,(H,20,24). The Morgan fingerprint density at radius 1 is 1.17 bits per heavy atom. The Bertz CT molecular complexity index is 691. The molecule has 2 aromatic rings. The van der Waals surface area contributed by atoms with E-state index in [9.17, 15) is 4.79 Å². The van der Waals surface area contributed by atoms with Gasteiger partial charge in [0.1, 0.15) is 0 Å². The van der Waals surface area contributed by atoms with Crippen molar-refractivity contribution >= 4 is 11.7 Å². The maximum absolute atomic E-state index is 12.2. The van der Waals surface area contributed by atoms with Gasteiger partial charge in [-0.2, -0.15) is 0 Å². The summed E-state index contributed by atoms with van der Waals surface area (Å²) in [5.74, 6) is 1.32. The zero-order valence-electron chi connectivity index (χ0n) is 14.3. The number of anilines is 1. The van der Waals surface area contributed by atoms with Crippen LogP contribution in [-0.4, -0.2) is 35.7 Å². The molecule has 0 bridgehead atoms. The molecule has 0 atom stereocenters. The van der Waals surface area contributed by atoms with Gasteiger partial charge in [0.2, 0.25) is 0 Å². The first-order chi connectivity index (χ1) is 11.6. The molecular weight excluding hydrogens is 300 g/mol. The number of hydrogen-bond acceptors (Lipinski definition) is 4. The van der Waals surface area contributed by atoms with Crippen LogP contribution in [0.3, 0.4) is 0 Å². The van der Waals surface area contributed by atoms with Crippen LogP contribution in [0.2, 0.25) is 0 Å². The van der Waals surface area contributed by atoms with Crippen LogP contribution in [0.25, 0.3) is 11.3 Å². The van der Waals surface area contributed by atoms with Crippen LogP contribution in [0, 0.1) is 5.92 Å². The van der Waals surface area contributed by atoms with E-state index in [0.29, 0.717) is 18.0 Å². The molecule has 1 fully saturated rings. The SMILES string of the molecule is CC(C)CNC(=O)c1cccc(-c2ccc(N3CCCC3)nn2)c1. The number of nitrogens with one attached hydrogen (secondary N) is 1. The van der Waals surface area contributed by atoms with Gasteiger partial charge in [-0.3, -0.25) is 4.79 Å². The molecule has 3 rings (SSSR count). The van der Waals surface area contributed by atoms with Crippen molar-refractivity contribution in [1.82, 2.24) is 15.5 Å². The Morgan fingerprint density at radius 2 is 1.96 bits per heavy atom. The molecule has 0 saturated carbocycles.